The fraction of sp³-hybridized carbons (Fsp3) is 0.857. The van der Waals surface area contributed by atoms with Crippen LogP contribution in [0.3, 0.4) is 0 Å². The summed E-state index contributed by atoms with van der Waals surface area (Å²) in [5, 5.41) is 19.0. The summed E-state index contributed by atoms with van der Waals surface area (Å²) in [6.45, 7) is -0.577. The number of amides is 1. The van der Waals surface area contributed by atoms with Gasteiger partial charge in [-0.15, -0.1) is 0 Å². The molecule has 0 aromatic heterocycles. The maximum absolute atomic E-state index is 11.7. The SMILES string of the molecule is O=C(CCCO)NCC(O)C(F)F. The molecule has 0 aliphatic heterocycles. The third kappa shape index (κ3) is 6.41. The van der Waals surface area contributed by atoms with Crippen molar-refractivity contribution in [1.29, 1.82) is 0 Å². The van der Waals surface area contributed by atoms with Gasteiger partial charge in [0.25, 0.3) is 6.43 Å². The minimum absolute atomic E-state index is 0.0759. The molecule has 13 heavy (non-hydrogen) atoms. The quantitative estimate of drug-likeness (QED) is 0.537. The molecule has 0 bridgehead atoms. The molecule has 0 aromatic rings. The van der Waals surface area contributed by atoms with E-state index in [2.05, 4.69) is 5.32 Å². The van der Waals surface area contributed by atoms with Gasteiger partial charge in [0.1, 0.15) is 6.10 Å². The van der Waals surface area contributed by atoms with Gasteiger partial charge in [-0.1, -0.05) is 0 Å². The molecule has 3 N–H and O–H groups in total. The van der Waals surface area contributed by atoms with E-state index >= 15 is 0 Å². The molecule has 78 valence electrons. The fourth-order valence-electron chi connectivity index (χ4n) is 0.635. The van der Waals surface area contributed by atoms with Crippen molar-refractivity contribution in [1.82, 2.24) is 5.32 Å². The Hall–Kier alpha value is -0.750. The minimum Gasteiger partial charge on any atom is -0.396 e. The van der Waals surface area contributed by atoms with Crippen LogP contribution in [-0.2, 0) is 4.79 Å². The number of halogens is 2. The Bertz CT molecular complexity index is 155. The normalized spacial score (nSPS) is 13.0. The monoisotopic (exact) mass is 197 g/mol. The zero-order valence-corrected chi connectivity index (χ0v) is 7.04. The van der Waals surface area contributed by atoms with Gasteiger partial charge in [-0.3, -0.25) is 4.79 Å². The first-order chi connectivity index (χ1) is 6.07. The third-order valence-electron chi connectivity index (χ3n) is 1.36. The molecule has 1 unspecified atom stereocenters. The summed E-state index contributed by atoms with van der Waals surface area (Å²) < 4.78 is 23.4. The maximum Gasteiger partial charge on any atom is 0.265 e. The van der Waals surface area contributed by atoms with Crippen molar-refractivity contribution in [3.05, 3.63) is 0 Å². The predicted molar refractivity (Wildman–Crippen MR) is 41.3 cm³/mol. The highest BCUT2D eigenvalue weighted by molar-refractivity contribution is 5.75. The summed E-state index contributed by atoms with van der Waals surface area (Å²) in [6.07, 6.45) is -4.31. The Morgan fingerprint density at radius 2 is 2.08 bits per heavy atom. The van der Waals surface area contributed by atoms with Gasteiger partial charge in [-0.25, -0.2) is 8.78 Å². The van der Waals surface area contributed by atoms with Crippen LogP contribution >= 0.6 is 0 Å². The molecule has 0 aromatic carbocycles. The van der Waals surface area contributed by atoms with Gasteiger partial charge in [-0.05, 0) is 6.42 Å². The van der Waals surface area contributed by atoms with Crippen molar-refractivity contribution in [3.63, 3.8) is 0 Å². The largest absolute Gasteiger partial charge is 0.396 e. The summed E-state index contributed by atoms with van der Waals surface area (Å²) in [5.41, 5.74) is 0. The van der Waals surface area contributed by atoms with Crippen molar-refractivity contribution >= 4 is 5.91 Å². The second-order valence-electron chi connectivity index (χ2n) is 2.53. The third-order valence-corrected chi connectivity index (χ3v) is 1.36. The zero-order chi connectivity index (χ0) is 10.3. The van der Waals surface area contributed by atoms with E-state index in [4.69, 9.17) is 10.2 Å². The average Bonchev–Trinajstić information content (AvgIpc) is 2.10. The van der Waals surface area contributed by atoms with Crippen LogP contribution in [0, 0.1) is 0 Å². The smallest absolute Gasteiger partial charge is 0.265 e. The molecule has 6 heteroatoms. The average molecular weight is 197 g/mol. The predicted octanol–water partition coefficient (Wildman–Crippen LogP) is -0.499. The summed E-state index contributed by atoms with van der Waals surface area (Å²) in [6, 6.07) is 0. The zero-order valence-electron chi connectivity index (χ0n) is 7.04. The molecule has 4 nitrogen and oxygen atoms in total. The molecule has 0 fully saturated rings. The van der Waals surface area contributed by atoms with Crippen LogP contribution in [0.5, 0.6) is 0 Å². The van der Waals surface area contributed by atoms with Crippen LogP contribution in [0.4, 0.5) is 8.78 Å². The van der Waals surface area contributed by atoms with Crippen molar-refractivity contribution < 1.29 is 23.8 Å². The minimum atomic E-state index is -2.85. The molecule has 0 radical (unpaired) electrons. The summed E-state index contributed by atoms with van der Waals surface area (Å²) >= 11 is 0. The summed E-state index contributed by atoms with van der Waals surface area (Å²) in [5.74, 6) is -0.450. The van der Waals surface area contributed by atoms with E-state index in [9.17, 15) is 13.6 Å². The number of aliphatic hydroxyl groups is 2. The number of hydrogen-bond acceptors (Lipinski definition) is 3. The van der Waals surface area contributed by atoms with Gasteiger partial charge in [0.15, 0.2) is 0 Å². The number of rotatable bonds is 6. The molecule has 0 spiro atoms. The standard InChI is InChI=1S/C7H13F2NO3/c8-7(9)5(12)4-10-6(13)2-1-3-11/h5,7,11-12H,1-4H2,(H,10,13). The topological polar surface area (TPSA) is 69.6 Å². The van der Waals surface area contributed by atoms with Crippen LogP contribution < -0.4 is 5.32 Å². The van der Waals surface area contributed by atoms with Crippen LogP contribution in [0.15, 0.2) is 0 Å². The van der Waals surface area contributed by atoms with Crippen molar-refractivity contribution in [2.24, 2.45) is 0 Å². The highest BCUT2D eigenvalue weighted by atomic mass is 19.3. The van der Waals surface area contributed by atoms with Gasteiger partial charge >= 0.3 is 0 Å². The molecular formula is C7H13F2NO3. The lowest BCUT2D eigenvalue weighted by Crippen LogP contribution is -2.35. The highest BCUT2D eigenvalue weighted by Crippen LogP contribution is 1.98. The molecule has 0 aliphatic carbocycles. The Morgan fingerprint density at radius 1 is 1.46 bits per heavy atom. The van der Waals surface area contributed by atoms with E-state index in [0.29, 0.717) is 0 Å². The van der Waals surface area contributed by atoms with Gasteiger partial charge in [0.05, 0.1) is 0 Å². The Balaban J connectivity index is 3.46. The lowest BCUT2D eigenvalue weighted by atomic mass is 10.3. The van der Waals surface area contributed by atoms with E-state index in [1.807, 2.05) is 0 Å². The van der Waals surface area contributed by atoms with E-state index in [1.165, 1.54) is 0 Å². The van der Waals surface area contributed by atoms with Gasteiger partial charge in [0.2, 0.25) is 5.91 Å². The van der Waals surface area contributed by atoms with Crippen molar-refractivity contribution in [3.8, 4) is 0 Å². The fourth-order valence-corrected chi connectivity index (χ4v) is 0.635. The molecule has 0 saturated heterocycles. The lowest BCUT2D eigenvalue weighted by molar-refractivity contribution is -0.122. The first-order valence-corrected chi connectivity index (χ1v) is 3.91. The Morgan fingerprint density at radius 3 is 2.54 bits per heavy atom. The molecule has 0 aliphatic rings. The van der Waals surface area contributed by atoms with Crippen molar-refractivity contribution in [2.75, 3.05) is 13.2 Å². The second kappa shape index (κ2) is 6.73. The number of alkyl halides is 2. The first-order valence-electron chi connectivity index (χ1n) is 3.91. The molecule has 1 atom stereocenters. The molecular weight excluding hydrogens is 184 g/mol. The van der Waals surface area contributed by atoms with Crippen molar-refractivity contribution in [2.45, 2.75) is 25.4 Å². The molecule has 0 rings (SSSR count). The maximum atomic E-state index is 11.7. The van der Waals surface area contributed by atoms with Crippen LogP contribution in [0.1, 0.15) is 12.8 Å². The lowest BCUT2D eigenvalue weighted by Gasteiger charge is -2.10. The highest BCUT2D eigenvalue weighted by Gasteiger charge is 2.16. The van der Waals surface area contributed by atoms with Crippen LogP contribution in [-0.4, -0.2) is 41.8 Å². The van der Waals surface area contributed by atoms with Gasteiger partial charge in [-0.2, -0.15) is 0 Å². The summed E-state index contributed by atoms with van der Waals surface area (Å²) in [7, 11) is 0. The molecule has 1 amide bonds. The van der Waals surface area contributed by atoms with E-state index < -0.39 is 25.0 Å². The number of aliphatic hydroxyl groups excluding tert-OH is 2. The van der Waals surface area contributed by atoms with E-state index in [1.54, 1.807) is 0 Å². The molecule has 0 saturated carbocycles. The van der Waals surface area contributed by atoms with E-state index in [-0.39, 0.29) is 19.4 Å². The van der Waals surface area contributed by atoms with Crippen LogP contribution in [0.2, 0.25) is 0 Å². The number of carbonyl (C=O) groups excluding carboxylic acids is 1. The molecule has 0 heterocycles. The first kappa shape index (κ1) is 12.2. The number of carbonyl (C=O) groups is 1. The van der Waals surface area contributed by atoms with Crippen LogP contribution in [0.25, 0.3) is 0 Å². The number of nitrogens with one attached hydrogen (secondary N) is 1. The van der Waals surface area contributed by atoms with Gasteiger partial charge in [0, 0.05) is 19.6 Å². The Kier molecular flexibility index (Phi) is 6.34. The summed E-state index contributed by atoms with van der Waals surface area (Å²) in [4.78, 5) is 10.8. The van der Waals surface area contributed by atoms with E-state index in [0.717, 1.165) is 0 Å². The number of hydrogen-bond donors (Lipinski definition) is 3. The Labute approximate surface area is 74.6 Å². The van der Waals surface area contributed by atoms with Gasteiger partial charge < -0.3 is 15.5 Å². The second-order valence-corrected chi connectivity index (χ2v) is 2.53.